The van der Waals surface area contributed by atoms with E-state index in [0.717, 1.165) is 12.1 Å². The van der Waals surface area contributed by atoms with Gasteiger partial charge in [-0.2, -0.15) is 13.2 Å². The van der Waals surface area contributed by atoms with Crippen molar-refractivity contribution < 1.29 is 23.4 Å². The van der Waals surface area contributed by atoms with E-state index in [9.17, 15) is 13.2 Å². The maximum absolute atomic E-state index is 12.2. The Morgan fingerprint density at radius 3 is 2.23 bits per heavy atom. The minimum Gasteiger partial charge on any atom is -0.507 e. The van der Waals surface area contributed by atoms with Crippen molar-refractivity contribution in [2.45, 2.75) is 6.18 Å². The molecule has 1 radical (unpaired) electrons. The molecule has 0 saturated heterocycles. The van der Waals surface area contributed by atoms with Crippen molar-refractivity contribution >= 4 is 0 Å². The fraction of sp³-hybridized carbons (Fsp3) is 0.125. The molecule has 0 saturated carbocycles. The lowest BCUT2D eigenvalue weighted by molar-refractivity contribution is -0.139. The molecule has 0 bridgehead atoms. The smallest absolute Gasteiger partial charge is 0.420 e. The molecule has 0 amide bonds. The second-order valence-corrected chi connectivity index (χ2v) is 2.37. The molecule has 1 aromatic carbocycles. The highest BCUT2D eigenvalue weighted by Gasteiger charge is 2.36. The van der Waals surface area contributed by atoms with Gasteiger partial charge in [0.1, 0.15) is 17.9 Å². The summed E-state index contributed by atoms with van der Waals surface area (Å²) in [5.74, 6) is -0.893. The molecule has 0 aromatic heterocycles. The number of hydrogen-bond acceptors (Lipinski definition) is 2. The largest absolute Gasteiger partial charge is 0.507 e. The lowest BCUT2D eigenvalue weighted by atomic mass is 10.1. The number of phenols is 1. The second kappa shape index (κ2) is 3.26. The van der Waals surface area contributed by atoms with Crippen LogP contribution in [0.4, 0.5) is 13.2 Å². The van der Waals surface area contributed by atoms with Gasteiger partial charge in [0.25, 0.3) is 0 Å². The van der Waals surface area contributed by atoms with Crippen LogP contribution in [-0.4, -0.2) is 10.2 Å². The zero-order valence-electron chi connectivity index (χ0n) is 6.34. The van der Waals surface area contributed by atoms with Crippen molar-refractivity contribution in [3.05, 3.63) is 35.9 Å². The summed E-state index contributed by atoms with van der Waals surface area (Å²) in [6.07, 6.45) is -4.67. The predicted octanol–water partition coefficient (Wildman–Crippen LogP) is 2.29. The zero-order chi connectivity index (χ0) is 10.1. The lowest BCUT2D eigenvalue weighted by Crippen LogP contribution is -2.08. The van der Waals surface area contributed by atoms with Crippen LogP contribution in [0.15, 0.2) is 18.2 Å². The monoisotopic (exact) mass is 191 g/mol. The van der Waals surface area contributed by atoms with Gasteiger partial charge in [0.05, 0.1) is 0 Å². The Morgan fingerprint density at radius 1 is 1.23 bits per heavy atom. The predicted molar refractivity (Wildman–Crippen MR) is 38.4 cm³/mol. The third-order valence-electron chi connectivity index (χ3n) is 1.50. The standard InChI is InChI=1S/C8H6F3O2/c9-8(10,11)7-5(4-12)2-1-3-6(7)13/h1-4,12-13H. The van der Waals surface area contributed by atoms with Gasteiger partial charge in [-0.1, -0.05) is 12.1 Å². The number of aromatic hydroxyl groups is 1. The third kappa shape index (κ3) is 1.92. The van der Waals surface area contributed by atoms with Crippen molar-refractivity contribution in [3.63, 3.8) is 0 Å². The fourth-order valence-corrected chi connectivity index (χ4v) is 0.974. The summed E-state index contributed by atoms with van der Waals surface area (Å²) in [5, 5.41) is 17.4. The van der Waals surface area contributed by atoms with Crippen LogP contribution >= 0.6 is 0 Å². The molecule has 0 fully saturated rings. The van der Waals surface area contributed by atoms with Gasteiger partial charge in [0.15, 0.2) is 0 Å². The van der Waals surface area contributed by atoms with Crippen LogP contribution < -0.4 is 0 Å². The summed E-state index contributed by atoms with van der Waals surface area (Å²) < 4.78 is 36.6. The minimum atomic E-state index is -4.67. The normalized spacial score (nSPS) is 11.7. The van der Waals surface area contributed by atoms with E-state index in [0.29, 0.717) is 6.61 Å². The summed E-state index contributed by atoms with van der Waals surface area (Å²) in [5.41, 5.74) is -1.68. The molecule has 0 heterocycles. The summed E-state index contributed by atoms with van der Waals surface area (Å²) in [7, 11) is 0. The van der Waals surface area contributed by atoms with Gasteiger partial charge < -0.3 is 10.2 Å². The zero-order valence-corrected chi connectivity index (χ0v) is 6.34. The average molecular weight is 191 g/mol. The molecule has 0 spiro atoms. The van der Waals surface area contributed by atoms with E-state index >= 15 is 0 Å². The summed E-state index contributed by atoms with van der Waals surface area (Å²) in [4.78, 5) is 0. The van der Waals surface area contributed by atoms with E-state index in [-0.39, 0.29) is 0 Å². The van der Waals surface area contributed by atoms with Gasteiger partial charge in [-0.25, -0.2) is 0 Å². The Labute approximate surface area is 72.2 Å². The molecule has 0 aliphatic heterocycles. The van der Waals surface area contributed by atoms with Gasteiger partial charge in [-0.15, -0.1) is 0 Å². The molecule has 1 aromatic rings. The number of halogens is 3. The first-order valence-electron chi connectivity index (χ1n) is 3.33. The first-order chi connectivity index (χ1) is 5.96. The maximum atomic E-state index is 12.2. The molecule has 2 nitrogen and oxygen atoms in total. The van der Waals surface area contributed by atoms with Crippen LogP contribution in [0.25, 0.3) is 0 Å². The van der Waals surface area contributed by atoms with Crippen LogP contribution in [-0.2, 0) is 6.18 Å². The Bertz CT molecular complexity index is 307. The van der Waals surface area contributed by atoms with Gasteiger partial charge in [-0.05, 0) is 11.6 Å². The van der Waals surface area contributed by atoms with E-state index in [1.807, 2.05) is 0 Å². The van der Waals surface area contributed by atoms with Crippen LogP contribution in [0, 0.1) is 6.61 Å². The van der Waals surface area contributed by atoms with Crippen molar-refractivity contribution in [3.8, 4) is 5.75 Å². The van der Waals surface area contributed by atoms with Gasteiger partial charge >= 0.3 is 6.18 Å². The molecule has 0 aliphatic carbocycles. The van der Waals surface area contributed by atoms with Crippen LogP contribution in [0.2, 0.25) is 0 Å². The number of benzene rings is 1. The van der Waals surface area contributed by atoms with Crippen molar-refractivity contribution in [2.75, 3.05) is 0 Å². The lowest BCUT2D eigenvalue weighted by Gasteiger charge is -2.11. The SMILES string of the molecule is O[CH]c1cccc(O)c1C(F)(F)F. The molecule has 5 heteroatoms. The summed E-state index contributed by atoms with van der Waals surface area (Å²) >= 11 is 0. The van der Waals surface area contributed by atoms with Crippen LogP contribution in [0.1, 0.15) is 11.1 Å². The molecular weight excluding hydrogens is 185 g/mol. The molecular formula is C8H6F3O2. The second-order valence-electron chi connectivity index (χ2n) is 2.37. The Kier molecular flexibility index (Phi) is 2.47. The van der Waals surface area contributed by atoms with E-state index in [1.54, 1.807) is 0 Å². The fourth-order valence-electron chi connectivity index (χ4n) is 0.974. The van der Waals surface area contributed by atoms with E-state index in [1.165, 1.54) is 6.07 Å². The van der Waals surface area contributed by atoms with E-state index in [4.69, 9.17) is 10.2 Å². The molecule has 71 valence electrons. The van der Waals surface area contributed by atoms with Crippen LogP contribution in [0.3, 0.4) is 0 Å². The first kappa shape index (κ1) is 9.85. The molecule has 2 N–H and O–H groups in total. The number of aliphatic hydroxyl groups is 1. The summed E-state index contributed by atoms with van der Waals surface area (Å²) in [6.45, 7) is 0.308. The topological polar surface area (TPSA) is 40.5 Å². The van der Waals surface area contributed by atoms with Crippen molar-refractivity contribution in [2.24, 2.45) is 0 Å². The number of phenolic OH excluding ortho intramolecular Hbond substituents is 1. The average Bonchev–Trinajstić information content (AvgIpc) is 2.01. The highest BCUT2D eigenvalue weighted by Crippen LogP contribution is 2.38. The number of rotatable bonds is 1. The van der Waals surface area contributed by atoms with Crippen LogP contribution in [0.5, 0.6) is 5.75 Å². The highest BCUT2D eigenvalue weighted by atomic mass is 19.4. The van der Waals surface area contributed by atoms with Gasteiger partial charge in [0, 0.05) is 0 Å². The molecule has 13 heavy (non-hydrogen) atoms. The molecule has 0 unspecified atom stereocenters. The maximum Gasteiger partial charge on any atom is 0.420 e. The van der Waals surface area contributed by atoms with Crippen molar-refractivity contribution in [1.29, 1.82) is 0 Å². The molecule has 0 atom stereocenters. The first-order valence-corrected chi connectivity index (χ1v) is 3.33. The summed E-state index contributed by atoms with van der Waals surface area (Å²) in [6, 6.07) is 3.19. The third-order valence-corrected chi connectivity index (χ3v) is 1.50. The van der Waals surface area contributed by atoms with Crippen molar-refractivity contribution in [1.82, 2.24) is 0 Å². The molecule has 0 aliphatic rings. The van der Waals surface area contributed by atoms with Gasteiger partial charge in [0.2, 0.25) is 0 Å². The highest BCUT2D eigenvalue weighted by molar-refractivity contribution is 5.43. The number of aliphatic hydroxyl groups excluding tert-OH is 1. The number of hydrogen-bond donors (Lipinski definition) is 2. The Morgan fingerprint density at radius 2 is 1.85 bits per heavy atom. The molecule has 1 rings (SSSR count). The Balaban J connectivity index is 3.32. The number of alkyl halides is 3. The minimum absolute atomic E-state index is 0.308. The van der Waals surface area contributed by atoms with E-state index in [2.05, 4.69) is 0 Å². The quantitative estimate of drug-likeness (QED) is 0.714. The Hall–Kier alpha value is -1.23. The van der Waals surface area contributed by atoms with Gasteiger partial charge in [-0.3, -0.25) is 0 Å². The van der Waals surface area contributed by atoms with E-state index < -0.39 is 23.1 Å².